The van der Waals surface area contributed by atoms with Crippen molar-refractivity contribution in [3.05, 3.63) is 0 Å². The van der Waals surface area contributed by atoms with Crippen molar-refractivity contribution in [2.45, 2.75) is 45.3 Å². The number of nitrogens with zero attached hydrogens (tertiary/aromatic N) is 1. The fourth-order valence-electron chi connectivity index (χ4n) is 2.78. The average molecular weight is 226 g/mol. The van der Waals surface area contributed by atoms with E-state index < -0.39 is 5.60 Å². The van der Waals surface area contributed by atoms with Gasteiger partial charge in [-0.2, -0.15) is 0 Å². The Morgan fingerprint density at radius 3 is 2.56 bits per heavy atom. The van der Waals surface area contributed by atoms with E-state index in [2.05, 4.69) is 0 Å². The lowest BCUT2D eigenvalue weighted by Gasteiger charge is -2.33. The van der Waals surface area contributed by atoms with E-state index in [0.717, 1.165) is 6.54 Å². The van der Waals surface area contributed by atoms with Gasteiger partial charge in [0.25, 0.3) is 0 Å². The van der Waals surface area contributed by atoms with Gasteiger partial charge in [-0.15, -0.1) is 0 Å². The topological polar surface area (TPSA) is 55.6 Å². The molecule has 0 bridgehead atoms. The van der Waals surface area contributed by atoms with Crippen LogP contribution in [0.5, 0.6) is 0 Å². The Labute approximate surface area is 97.1 Å². The van der Waals surface area contributed by atoms with Gasteiger partial charge >= 0.3 is 6.09 Å². The van der Waals surface area contributed by atoms with E-state index in [1.807, 2.05) is 25.7 Å². The van der Waals surface area contributed by atoms with Crippen LogP contribution in [0.2, 0.25) is 0 Å². The normalized spacial score (nSPS) is 33.2. The number of carbonyl (C=O) groups is 1. The van der Waals surface area contributed by atoms with Crippen LogP contribution in [-0.2, 0) is 4.74 Å². The number of hydrogen-bond acceptors (Lipinski definition) is 3. The van der Waals surface area contributed by atoms with Crippen LogP contribution in [0, 0.1) is 11.8 Å². The smallest absolute Gasteiger partial charge is 0.410 e. The maximum absolute atomic E-state index is 12.0. The summed E-state index contributed by atoms with van der Waals surface area (Å²) in [6, 6.07) is 0.202. The van der Waals surface area contributed by atoms with Crippen LogP contribution in [0.3, 0.4) is 0 Å². The first-order valence-corrected chi connectivity index (χ1v) is 6.12. The molecule has 1 aliphatic carbocycles. The van der Waals surface area contributed by atoms with Crippen LogP contribution in [0.15, 0.2) is 0 Å². The predicted octanol–water partition coefficient (Wildman–Crippen LogP) is 1.59. The molecule has 1 aliphatic heterocycles. The van der Waals surface area contributed by atoms with Crippen molar-refractivity contribution >= 4 is 6.09 Å². The number of fused-ring (bicyclic) bond motifs is 1. The standard InChI is InChI=1S/C12H22N2O2/c1-12(2,3)16-11(15)14-7-8-4-5-9(8)10(14)6-13/h8-10H,4-7,13H2,1-3H3. The highest BCUT2D eigenvalue weighted by molar-refractivity contribution is 5.69. The first-order chi connectivity index (χ1) is 7.42. The second-order valence-electron chi connectivity index (χ2n) is 5.94. The second-order valence-corrected chi connectivity index (χ2v) is 5.94. The lowest BCUT2D eigenvalue weighted by molar-refractivity contribution is 0.0216. The third-order valence-corrected chi connectivity index (χ3v) is 3.67. The van der Waals surface area contributed by atoms with Crippen molar-refractivity contribution < 1.29 is 9.53 Å². The second kappa shape index (κ2) is 3.91. The molecule has 0 aromatic rings. The minimum absolute atomic E-state index is 0.197. The molecule has 1 amide bonds. The number of rotatable bonds is 1. The van der Waals surface area contributed by atoms with Gasteiger partial charge in [0.15, 0.2) is 0 Å². The Morgan fingerprint density at radius 2 is 2.12 bits per heavy atom. The molecular formula is C12H22N2O2. The molecule has 92 valence electrons. The fourth-order valence-corrected chi connectivity index (χ4v) is 2.78. The predicted molar refractivity (Wildman–Crippen MR) is 62.0 cm³/mol. The molecule has 0 radical (unpaired) electrons. The van der Waals surface area contributed by atoms with Gasteiger partial charge in [0.2, 0.25) is 0 Å². The molecular weight excluding hydrogens is 204 g/mol. The largest absolute Gasteiger partial charge is 0.444 e. The van der Waals surface area contributed by atoms with Gasteiger partial charge in [0, 0.05) is 13.1 Å². The Kier molecular flexibility index (Phi) is 2.86. The molecule has 2 N–H and O–H groups in total. The van der Waals surface area contributed by atoms with Crippen LogP contribution in [0.1, 0.15) is 33.6 Å². The first-order valence-electron chi connectivity index (χ1n) is 6.12. The molecule has 3 unspecified atom stereocenters. The summed E-state index contributed by atoms with van der Waals surface area (Å²) < 4.78 is 5.41. The quantitative estimate of drug-likeness (QED) is 0.738. The van der Waals surface area contributed by atoms with E-state index in [4.69, 9.17) is 10.5 Å². The van der Waals surface area contributed by atoms with Gasteiger partial charge in [-0.3, -0.25) is 0 Å². The van der Waals surface area contributed by atoms with Gasteiger partial charge in [-0.05, 0) is 45.4 Å². The first kappa shape index (κ1) is 11.7. The van der Waals surface area contributed by atoms with E-state index in [9.17, 15) is 4.79 Å². The molecule has 2 rings (SSSR count). The summed E-state index contributed by atoms with van der Waals surface area (Å²) in [7, 11) is 0. The van der Waals surface area contributed by atoms with Crippen LogP contribution < -0.4 is 5.73 Å². The number of nitrogens with two attached hydrogens (primary N) is 1. The molecule has 2 fully saturated rings. The molecule has 1 saturated carbocycles. The highest BCUT2D eigenvalue weighted by atomic mass is 16.6. The Balaban J connectivity index is 2.00. The van der Waals surface area contributed by atoms with E-state index in [1.54, 1.807) is 0 Å². The molecule has 1 saturated heterocycles. The van der Waals surface area contributed by atoms with Crippen LogP contribution in [0.25, 0.3) is 0 Å². The van der Waals surface area contributed by atoms with E-state index >= 15 is 0 Å². The third-order valence-electron chi connectivity index (χ3n) is 3.67. The Bertz CT molecular complexity index is 285. The summed E-state index contributed by atoms with van der Waals surface area (Å²) in [5, 5.41) is 0. The van der Waals surface area contributed by atoms with Gasteiger partial charge in [-0.25, -0.2) is 4.79 Å². The summed E-state index contributed by atoms with van der Waals surface area (Å²) in [6.07, 6.45) is 2.25. The van der Waals surface area contributed by atoms with Crippen molar-refractivity contribution in [2.24, 2.45) is 17.6 Å². The molecule has 1 heterocycles. The monoisotopic (exact) mass is 226 g/mol. The van der Waals surface area contributed by atoms with Crippen molar-refractivity contribution in [2.75, 3.05) is 13.1 Å². The third kappa shape index (κ3) is 2.03. The average Bonchev–Trinajstić information content (AvgIpc) is 2.35. The van der Waals surface area contributed by atoms with Crippen LogP contribution in [0.4, 0.5) is 4.79 Å². The number of hydrogen-bond donors (Lipinski definition) is 1. The van der Waals surface area contributed by atoms with E-state index in [-0.39, 0.29) is 12.1 Å². The van der Waals surface area contributed by atoms with Crippen molar-refractivity contribution in [1.29, 1.82) is 0 Å². The van der Waals surface area contributed by atoms with Crippen molar-refractivity contribution in [3.63, 3.8) is 0 Å². The number of likely N-dealkylation sites (tertiary alicyclic amines) is 1. The zero-order valence-electron chi connectivity index (χ0n) is 10.4. The lowest BCUT2D eigenvalue weighted by Crippen LogP contribution is -2.45. The SMILES string of the molecule is CC(C)(C)OC(=O)N1CC2CCC2C1CN. The minimum Gasteiger partial charge on any atom is -0.444 e. The molecule has 2 aliphatic rings. The van der Waals surface area contributed by atoms with Crippen molar-refractivity contribution in [3.8, 4) is 0 Å². The maximum atomic E-state index is 12.0. The lowest BCUT2D eigenvalue weighted by atomic mass is 9.73. The molecule has 4 nitrogen and oxygen atoms in total. The van der Waals surface area contributed by atoms with Crippen LogP contribution in [-0.4, -0.2) is 35.7 Å². The van der Waals surface area contributed by atoms with Gasteiger partial charge in [-0.1, -0.05) is 0 Å². The summed E-state index contributed by atoms with van der Waals surface area (Å²) in [5.74, 6) is 1.29. The Hall–Kier alpha value is -0.770. The van der Waals surface area contributed by atoms with Gasteiger partial charge in [0.05, 0.1) is 6.04 Å². The highest BCUT2D eigenvalue weighted by Crippen LogP contribution is 2.44. The molecule has 16 heavy (non-hydrogen) atoms. The molecule has 0 aromatic carbocycles. The summed E-state index contributed by atoms with van der Waals surface area (Å²) in [5.41, 5.74) is 5.34. The molecule has 0 spiro atoms. The number of ether oxygens (including phenoxy) is 1. The summed E-state index contributed by atoms with van der Waals surface area (Å²) >= 11 is 0. The van der Waals surface area contributed by atoms with Gasteiger partial charge < -0.3 is 15.4 Å². The number of amides is 1. The zero-order valence-corrected chi connectivity index (χ0v) is 10.4. The maximum Gasteiger partial charge on any atom is 0.410 e. The summed E-state index contributed by atoms with van der Waals surface area (Å²) in [6.45, 7) is 7.08. The van der Waals surface area contributed by atoms with Crippen molar-refractivity contribution in [1.82, 2.24) is 4.90 Å². The van der Waals surface area contributed by atoms with Gasteiger partial charge in [0.1, 0.15) is 5.60 Å². The van der Waals surface area contributed by atoms with Crippen LogP contribution >= 0.6 is 0 Å². The Morgan fingerprint density at radius 1 is 1.44 bits per heavy atom. The number of carbonyl (C=O) groups excluding carboxylic acids is 1. The fraction of sp³-hybridized carbons (Fsp3) is 0.917. The summed E-state index contributed by atoms with van der Waals surface area (Å²) in [4.78, 5) is 13.8. The molecule has 0 aromatic heterocycles. The molecule has 4 heteroatoms. The zero-order chi connectivity index (χ0) is 11.9. The van der Waals surface area contributed by atoms with E-state index in [1.165, 1.54) is 12.8 Å². The highest BCUT2D eigenvalue weighted by Gasteiger charge is 2.48. The minimum atomic E-state index is -0.419. The molecule has 3 atom stereocenters. The van der Waals surface area contributed by atoms with E-state index in [0.29, 0.717) is 18.4 Å².